The average molecular weight is 234 g/mol. The molecule has 3 heteroatoms. The third kappa shape index (κ3) is 9.41. The molecule has 0 fully saturated rings. The highest BCUT2D eigenvalue weighted by Crippen LogP contribution is 1.97. The predicted octanol–water partition coefficient (Wildman–Crippen LogP) is 0.620. The monoisotopic (exact) mass is 234 g/mol. The minimum Gasteiger partial charge on any atom is -0.396 e. The van der Waals surface area contributed by atoms with Gasteiger partial charge in [0, 0.05) is 6.61 Å². The third-order valence-electron chi connectivity index (χ3n) is 1.79. The van der Waals surface area contributed by atoms with Crippen molar-refractivity contribution >= 4 is 0 Å². The lowest BCUT2D eigenvalue weighted by atomic mass is 10.1. The second-order valence-electron chi connectivity index (χ2n) is 3.27. The van der Waals surface area contributed by atoms with E-state index in [1.807, 2.05) is 6.92 Å². The van der Waals surface area contributed by atoms with Crippen molar-refractivity contribution in [2.24, 2.45) is 0 Å². The molecule has 0 bridgehead atoms. The maximum absolute atomic E-state index is 9.46. The molecule has 0 aromatic heterocycles. The van der Waals surface area contributed by atoms with E-state index in [9.17, 15) is 10.2 Å². The van der Waals surface area contributed by atoms with E-state index < -0.39 is 12.2 Å². The van der Waals surface area contributed by atoms with Gasteiger partial charge in [0.2, 0.25) is 0 Å². The summed E-state index contributed by atoms with van der Waals surface area (Å²) in [7, 11) is 0. The first-order chi connectivity index (χ1) is 8.22. The van der Waals surface area contributed by atoms with Gasteiger partial charge in [0.25, 0.3) is 0 Å². The quantitative estimate of drug-likeness (QED) is 0.371. The summed E-state index contributed by atoms with van der Waals surface area (Å²) in [6, 6.07) is 0. The zero-order valence-corrected chi connectivity index (χ0v) is 9.93. The van der Waals surface area contributed by atoms with Gasteiger partial charge in [-0.2, -0.15) is 0 Å². The van der Waals surface area contributed by atoms with Crippen molar-refractivity contribution in [1.82, 2.24) is 0 Å². The van der Waals surface area contributed by atoms with Gasteiger partial charge in [0.05, 0.1) is 0 Å². The summed E-state index contributed by atoms with van der Waals surface area (Å²) in [6.45, 7) is 1.96. The molecule has 2 atom stereocenters. The summed E-state index contributed by atoms with van der Waals surface area (Å²) >= 11 is 0. The first-order valence-corrected chi connectivity index (χ1v) is 5.48. The van der Waals surface area contributed by atoms with Crippen LogP contribution >= 0.6 is 0 Å². The van der Waals surface area contributed by atoms with Crippen LogP contribution in [0.15, 0.2) is 24.3 Å². The number of aliphatic hydroxyl groups excluding tert-OH is 3. The van der Waals surface area contributed by atoms with Gasteiger partial charge in [-0.1, -0.05) is 30.1 Å². The van der Waals surface area contributed by atoms with Gasteiger partial charge < -0.3 is 15.3 Å². The van der Waals surface area contributed by atoms with Crippen molar-refractivity contribution in [3.8, 4) is 23.7 Å². The summed E-state index contributed by atoms with van der Waals surface area (Å²) in [5.74, 6) is 10.1. The molecule has 0 aliphatic carbocycles. The molecule has 0 amide bonds. The van der Waals surface area contributed by atoms with Gasteiger partial charge in [-0.25, -0.2) is 0 Å². The Morgan fingerprint density at radius 2 is 2.00 bits per heavy atom. The first kappa shape index (κ1) is 15.5. The lowest BCUT2D eigenvalue weighted by Crippen LogP contribution is -2.21. The van der Waals surface area contributed by atoms with Crippen LogP contribution in [-0.2, 0) is 0 Å². The van der Waals surface area contributed by atoms with Gasteiger partial charge in [-0.15, -0.1) is 0 Å². The van der Waals surface area contributed by atoms with Crippen molar-refractivity contribution in [2.45, 2.75) is 32.0 Å². The van der Waals surface area contributed by atoms with Crippen LogP contribution < -0.4 is 0 Å². The molecule has 3 nitrogen and oxygen atoms in total. The largest absolute Gasteiger partial charge is 0.396 e. The van der Waals surface area contributed by atoms with Gasteiger partial charge in [0.15, 0.2) is 0 Å². The molecular weight excluding hydrogens is 216 g/mol. The Morgan fingerprint density at radius 1 is 1.24 bits per heavy atom. The molecule has 0 rings (SSSR count). The van der Waals surface area contributed by atoms with Crippen molar-refractivity contribution in [3.63, 3.8) is 0 Å². The van der Waals surface area contributed by atoms with Gasteiger partial charge in [-0.05, 0) is 37.7 Å². The zero-order valence-electron chi connectivity index (χ0n) is 9.93. The molecule has 0 saturated carbocycles. The van der Waals surface area contributed by atoms with Crippen molar-refractivity contribution < 1.29 is 15.3 Å². The van der Waals surface area contributed by atoms with Crippen molar-refractivity contribution in [1.29, 1.82) is 0 Å². The Kier molecular flexibility index (Phi) is 10.00. The van der Waals surface area contributed by atoms with E-state index in [-0.39, 0.29) is 6.61 Å². The van der Waals surface area contributed by atoms with Crippen LogP contribution in [0.3, 0.4) is 0 Å². The highest BCUT2D eigenvalue weighted by atomic mass is 16.3. The lowest BCUT2D eigenvalue weighted by molar-refractivity contribution is 0.0868. The number of rotatable bonds is 5. The summed E-state index contributed by atoms with van der Waals surface area (Å²) in [5, 5.41) is 27.4. The normalized spacial score (nSPS) is 13.9. The Hall–Kier alpha value is -1.52. The number of aliphatic hydroxyl groups is 3. The van der Waals surface area contributed by atoms with E-state index in [1.54, 1.807) is 18.2 Å². The number of allylic oxidation sites excluding steroid dienone is 3. The Morgan fingerprint density at radius 3 is 2.65 bits per heavy atom. The molecule has 0 heterocycles. The molecule has 0 aliphatic heterocycles. The fourth-order valence-electron chi connectivity index (χ4n) is 0.907. The predicted molar refractivity (Wildman–Crippen MR) is 67.8 cm³/mol. The maximum Gasteiger partial charge on any atom is 0.145 e. The number of unbranched alkanes of at least 4 members (excludes halogenated alkanes) is 1. The van der Waals surface area contributed by atoms with Gasteiger partial charge in [-0.3, -0.25) is 0 Å². The molecule has 0 spiro atoms. The van der Waals surface area contributed by atoms with Crippen LogP contribution in [0.5, 0.6) is 0 Å². The van der Waals surface area contributed by atoms with Crippen molar-refractivity contribution in [2.75, 3.05) is 6.61 Å². The summed E-state index contributed by atoms with van der Waals surface area (Å²) in [5.41, 5.74) is 0. The van der Waals surface area contributed by atoms with E-state index in [0.717, 1.165) is 0 Å². The first-order valence-electron chi connectivity index (χ1n) is 5.48. The van der Waals surface area contributed by atoms with E-state index >= 15 is 0 Å². The maximum atomic E-state index is 9.46. The Balaban J connectivity index is 4.09. The summed E-state index contributed by atoms with van der Waals surface area (Å²) in [6.07, 6.45) is 5.74. The number of hydrogen-bond donors (Lipinski definition) is 3. The standard InChI is InChI=1S/C14H18O3/c1-2-3-4-5-7-10-13(16)14(17)11-8-6-9-12-15/h2-3,8,11,13-17H,6,9,12H2,1H3/b3-2+,11-8+/t13-,14+/m1/s1. The van der Waals surface area contributed by atoms with E-state index in [2.05, 4.69) is 23.7 Å². The van der Waals surface area contributed by atoms with Crippen LogP contribution in [0.4, 0.5) is 0 Å². The third-order valence-corrected chi connectivity index (χ3v) is 1.79. The smallest absolute Gasteiger partial charge is 0.145 e. The molecule has 92 valence electrons. The molecule has 0 unspecified atom stereocenters. The lowest BCUT2D eigenvalue weighted by Gasteiger charge is -2.06. The van der Waals surface area contributed by atoms with Gasteiger partial charge in [0.1, 0.15) is 12.2 Å². The van der Waals surface area contributed by atoms with Crippen LogP contribution in [0.25, 0.3) is 0 Å². The van der Waals surface area contributed by atoms with Crippen LogP contribution in [0.2, 0.25) is 0 Å². The minimum atomic E-state index is -1.14. The number of hydrogen-bond acceptors (Lipinski definition) is 3. The van der Waals surface area contributed by atoms with E-state index in [1.165, 1.54) is 6.08 Å². The highest BCUT2D eigenvalue weighted by Gasteiger charge is 2.08. The fourth-order valence-corrected chi connectivity index (χ4v) is 0.907. The average Bonchev–Trinajstić information content (AvgIpc) is 2.34. The van der Waals surface area contributed by atoms with E-state index in [0.29, 0.717) is 12.8 Å². The fraction of sp³-hybridized carbons (Fsp3) is 0.429. The second-order valence-corrected chi connectivity index (χ2v) is 3.27. The van der Waals surface area contributed by atoms with Crippen LogP contribution in [-0.4, -0.2) is 34.1 Å². The van der Waals surface area contributed by atoms with E-state index in [4.69, 9.17) is 5.11 Å². The Labute approximate surface area is 102 Å². The highest BCUT2D eigenvalue weighted by molar-refractivity contribution is 5.32. The molecule has 0 saturated heterocycles. The molecule has 17 heavy (non-hydrogen) atoms. The Bertz CT molecular complexity index is 360. The zero-order chi connectivity index (χ0) is 12.9. The molecule has 0 aromatic carbocycles. The molecule has 0 aromatic rings. The topological polar surface area (TPSA) is 60.7 Å². The van der Waals surface area contributed by atoms with Crippen molar-refractivity contribution in [3.05, 3.63) is 24.3 Å². The SMILES string of the molecule is C/C=C/C#CC#C[C@@H](O)[C@@H](O)/C=C/CCCO. The van der Waals surface area contributed by atoms with Crippen LogP contribution in [0, 0.1) is 23.7 Å². The van der Waals surface area contributed by atoms with Crippen LogP contribution in [0.1, 0.15) is 19.8 Å². The second kappa shape index (κ2) is 11.0. The molecule has 3 N–H and O–H groups in total. The summed E-state index contributed by atoms with van der Waals surface area (Å²) < 4.78 is 0. The van der Waals surface area contributed by atoms with Gasteiger partial charge >= 0.3 is 0 Å². The molecular formula is C14H18O3. The summed E-state index contributed by atoms with van der Waals surface area (Å²) in [4.78, 5) is 0. The molecule has 0 radical (unpaired) electrons. The molecule has 0 aliphatic rings. The minimum absolute atomic E-state index is 0.114.